The van der Waals surface area contributed by atoms with Crippen molar-refractivity contribution in [1.82, 2.24) is 9.97 Å². The molecule has 19 heavy (non-hydrogen) atoms. The van der Waals surface area contributed by atoms with E-state index in [2.05, 4.69) is 32.4 Å². The monoisotopic (exact) mass is 293 g/mol. The molecule has 1 aliphatic carbocycles. The highest BCUT2D eigenvalue weighted by molar-refractivity contribution is 7.09. The Morgan fingerprint density at radius 1 is 1.37 bits per heavy atom. The zero-order valence-electron chi connectivity index (χ0n) is 11.1. The second kappa shape index (κ2) is 5.10. The van der Waals surface area contributed by atoms with Crippen LogP contribution >= 0.6 is 22.9 Å². The predicted molar refractivity (Wildman–Crippen MR) is 80.0 cm³/mol. The maximum atomic E-state index is 6.19. The number of hydrogen-bond acceptors (Lipinski definition) is 4. The molecule has 0 amide bonds. The molecule has 2 heterocycles. The quantitative estimate of drug-likeness (QED) is 0.799. The zero-order chi connectivity index (χ0) is 13.4. The summed E-state index contributed by atoms with van der Waals surface area (Å²) >= 11 is 7.98. The lowest BCUT2D eigenvalue weighted by molar-refractivity contribution is 0.773. The number of thiophene rings is 1. The van der Waals surface area contributed by atoms with Gasteiger partial charge in [-0.1, -0.05) is 17.7 Å². The molecule has 0 aliphatic heterocycles. The van der Waals surface area contributed by atoms with Crippen LogP contribution in [-0.2, 0) is 6.54 Å². The Morgan fingerprint density at radius 2 is 2.16 bits per heavy atom. The number of nitrogens with zero attached hydrogens (tertiary/aromatic N) is 3. The van der Waals surface area contributed by atoms with Crippen molar-refractivity contribution in [3.05, 3.63) is 38.9 Å². The molecule has 1 saturated carbocycles. The summed E-state index contributed by atoms with van der Waals surface area (Å²) in [5.74, 6) is 1.73. The number of aromatic nitrogens is 2. The third-order valence-corrected chi connectivity index (χ3v) is 4.57. The van der Waals surface area contributed by atoms with E-state index in [9.17, 15) is 0 Å². The van der Waals surface area contributed by atoms with E-state index in [1.807, 2.05) is 13.8 Å². The van der Waals surface area contributed by atoms with Crippen LogP contribution in [0.15, 0.2) is 17.5 Å². The molecule has 3 rings (SSSR count). The van der Waals surface area contributed by atoms with Gasteiger partial charge in [0.25, 0.3) is 0 Å². The van der Waals surface area contributed by atoms with Crippen LogP contribution in [0.4, 0.5) is 5.82 Å². The van der Waals surface area contributed by atoms with Crippen molar-refractivity contribution in [3.8, 4) is 0 Å². The first-order valence-corrected chi connectivity index (χ1v) is 7.70. The molecule has 0 saturated heterocycles. The van der Waals surface area contributed by atoms with Gasteiger partial charge in [0.15, 0.2) is 0 Å². The summed E-state index contributed by atoms with van der Waals surface area (Å²) in [5, 5.41) is 2.69. The standard InChI is InChI=1S/C14H16ClN3S/c1-9-13(15)16-10(2)17-14(9)18(11-5-6-11)8-12-4-3-7-19-12/h3-4,7,11H,5-6,8H2,1-2H3. The molecular formula is C14H16ClN3S. The van der Waals surface area contributed by atoms with Gasteiger partial charge in [0.1, 0.15) is 16.8 Å². The Morgan fingerprint density at radius 3 is 2.79 bits per heavy atom. The summed E-state index contributed by atoms with van der Waals surface area (Å²) in [5.41, 5.74) is 0.982. The Balaban J connectivity index is 1.96. The van der Waals surface area contributed by atoms with Gasteiger partial charge in [-0.05, 0) is 38.1 Å². The van der Waals surface area contributed by atoms with Crippen LogP contribution in [0.3, 0.4) is 0 Å². The lowest BCUT2D eigenvalue weighted by Gasteiger charge is -2.25. The highest BCUT2D eigenvalue weighted by atomic mass is 35.5. The van der Waals surface area contributed by atoms with Gasteiger partial charge in [0, 0.05) is 16.5 Å². The number of aryl methyl sites for hydroxylation is 1. The van der Waals surface area contributed by atoms with Gasteiger partial charge in [-0.2, -0.15) is 0 Å². The van der Waals surface area contributed by atoms with Gasteiger partial charge < -0.3 is 4.90 Å². The molecule has 3 nitrogen and oxygen atoms in total. The van der Waals surface area contributed by atoms with Crippen LogP contribution in [0.2, 0.25) is 5.15 Å². The van der Waals surface area contributed by atoms with Crippen molar-refractivity contribution in [3.63, 3.8) is 0 Å². The zero-order valence-corrected chi connectivity index (χ0v) is 12.6. The van der Waals surface area contributed by atoms with Gasteiger partial charge in [-0.3, -0.25) is 0 Å². The van der Waals surface area contributed by atoms with Crippen LogP contribution in [0.1, 0.15) is 29.1 Å². The van der Waals surface area contributed by atoms with E-state index >= 15 is 0 Å². The smallest absolute Gasteiger partial charge is 0.137 e. The molecule has 5 heteroatoms. The lowest BCUT2D eigenvalue weighted by atomic mass is 10.3. The Kier molecular flexibility index (Phi) is 3.46. The van der Waals surface area contributed by atoms with Crippen LogP contribution in [-0.4, -0.2) is 16.0 Å². The maximum absolute atomic E-state index is 6.19. The summed E-state index contributed by atoms with van der Waals surface area (Å²) in [6, 6.07) is 4.87. The average Bonchev–Trinajstić information content (AvgIpc) is 3.09. The minimum absolute atomic E-state index is 0.569. The van der Waals surface area contributed by atoms with Crippen LogP contribution in [0.25, 0.3) is 0 Å². The van der Waals surface area contributed by atoms with E-state index in [0.29, 0.717) is 11.2 Å². The molecule has 0 spiro atoms. The molecule has 0 bridgehead atoms. The third-order valence-electron chi connectivity index (χ3n) is 3.34. The molecular weight excluding hydrogens is 278 g/mol. The maximum Gasteiger partial charge on any atom is 0.137 e. The minimum atomic E-state index is 0.569. The Hall–Kier alpha value is -1.13. The molecule has 0 aromatic carbocycles. The molecule has 2 aromatic rings. The molecule has 2 aromatic heterocycles. The van der Waals surface area contributed by atoms with Gasteiger partial charge in [0.2, 0.25) is 0 Å². The van der Waals surface area contributed by atoms with Crippen molar-refractivity contribution in [2.45, 2.75) is 39.3 Å². The van der Waals surface area contributed by atoms with Crippen molar-refractivity contribution < 1.29 is 0 Å². The van der Waals surface area contributed by atoms with Crippen molar-refractivity contribution >= 4 is 28.8 Å². The molecule has 0 N–H and O–H groups in total. The summed E-state index contributed by atoms with van der Waals surface area (Å²) in [6.45, 7) is 4.81. The van der Waals surface area contributed by atoms with Crippen molar-refractivity contribution in [1.29, 1.82) is 0 Å². The molecule has 0 atom stereocenters. The van der Waals surface area contributed by atoms with Gasteiger partial charge in [-0.25, -0.2) is 9.97 Å². The summed E-state index contributed by atoms with van der Waals surface area (Å²) < 4.78 is 0. The highest BCUT2D eigenvalue weighted by Gasteiger charge is 2.31. The fraction of sp³-hybridized carbons (Fsp3) is 0.429. The predicted octanol–water partition coefficient (Wildman–Crippen LogP) is 3.98. The molecule has 0 unspecified atom stereocenters. The largest absolute Gasteiger partial charge is 0.348 e. The van der Waals surface area contributed by atoms with Crippen LogP contribution in [0, 0.1) is 13.8 Å². The summed E-state index contributed by atoms with van der Waals surface area (Å²) in [4.78, 5) is 12.6. The number of anilines is 1. The topological polar surface area (TPSA) is 29.0 Å². The number of halogens is 1. The van der Waals surface area contributed by atoms with Crippen LogP contribution in [0.5, 0.6) is 0 Å². The average molecular weight is 294 g/mol. The summed E-state index contributed by atoms with van der Waals surface area (Å²) in [6.07, 6.45) is 2.48. The second-order valence-electron chi connectivity index (χ2n) is 4.95. The normalized spacial score (nSPS) is 14.7. The molecule has 100 valence electrons. The van der Waals surface area contributed by atoms with Crippen LogP contribution < -0.4 is 4.90 Å². The SMILES string of the molecule is Cc1nc(Cl)c(C)c(N(Cc2cccs2)C2CC2)n1. The van der Waals surface area contributed by atoms with Gasteiger partial charge >= 0.3 is 0 Å². The van der Waals surface area contributed by atoms with Crippen molar-refractivity contribution in [2.24, 2.45) is 0 Å². The van der Waals surface area contributed by atoms with E-state index in [-0.39, 0.29) is 0 Å². The van der Waals surface area contributed by atoms with E-state index in [1.165, 1.54) is 17.7 Å². The molecule has 0 radical (unpaired) electrons. The minimum Gasteiger partial charge on any atom is -0.348 e. The van der Waals surface area contributed by atoms with Crippen molar-refractivity contribution in [2.75, 3.05) is 4.90 Å². The lowest BCUT2D eigenvalue weighted by Crippen LogP contribution is -2.27. The van der Waals surface area contributed by atoms with E-state index in [4.69, 9.17) is 11.6 Å². The van der Waals surface area contributed by atoms with E-state index in [0.717, 1.165) is 23.8 Å². The fourth-order valence-corrected chi connectivity index (χ4v) is 3.10. The molecule has 1 aliphatic rings. The van der Waals surface area contributed by atoms with Gasteiger partial charge in [0.05, 0.1) is 6.54 Å². The number of rotatable bonds is 4. The first-order valence-electron chi connectivity index (χ1n) is 6.45. The highest BCUT2D eigenvalue weighted by Crippen LogP contribution is 2.35. The van der Waals surface area contributed by atoms with E-state index < -0.39 is 0 Å². The van der Waals surface area contributed by atoms with Gasteiger partial charge in [-0.15, -0.1) is 11.3 Å². The fourth-order valence-electron chi connectivity index (χ4n) is 2.19. The summed E-state index contributed by atoms with van der Waals surface area (Å²) in [7, 11) is 0. The van der Waals surface area contributed by atoms with E-state index in [1.54, 1.807) is 11.3 Å². The first-order chi connectivity index (χ1) is 9.15. The Bertz CT molecular complexity index is 579. The molecule has 1 fully saturated rings. The second-order valence-corrected chi connectivity index (χ2v) is 6.34. The first kappa shape index (κ1) is 12.9. The number of hydrogen-bond donors (Lipinski definition) is 0. The third kappa shape index (κ3) is 2.74. The Labute approximate surface area is 122 Å².